The van der Waals surface area contributed by atoms with Crippen LogP contribution in [-0.2, 0) is 13.1 Å². The van der Waals surface area contributed by atoms with E-state index in [4.69, 9.17) is 0 Å². The lowest BCUT2D eigenvalue weighted by atomic mass is 10.1. The summed E-state index contributed by atoms with van der Waals surface area (Å²) < 4.78 is 0. The number of aromatic nitrogens is 1. The number of urea groups is 1. The van der Waals surface area contributed by atoms with Crippen molar-refractivity contribution >= 4 is 17.4 Å². The van der Waals surface area contributed by atoms with Crippen LogP contribution >= 0.6 is 11.3 Å². The van der Waals surface area contributed by atoms with Crippen LogP contribution in [0.3, 0.4) is 0 Å². The van der Waals surface area contributed by atoms with E-state index in [2.05, 4.69) is 46.4 Å². The summed E-state index contributed by atoms with van der Waals surface area (Å²) in [5, 5.41) is 5.04. The second kappa shape index (κ2) is 8.45. The largest absolute Gasteiger partial charge is 0.338 e. The van der Waals surface area contributed by atoms with Gasteiger partial charge in [0.1, 0.15) is 0 Å². The van der Waals surface area contributed by atoms with Crippen LogP contribution in [0.25, 0.3) is 0 Å². The van der Waals surface area contributed by atoms with Gasteiger partial charge in [0.15, 0.2) is 0 Å². The Balaban J connectivity index is 1.41. The molecule has 0 aliphatic carbocycles. The van der Waals surface area contributed by atoms with Gasteiger partial charge in [0.2, 0.25) is 0 Å². The average molecular weight is 359 g/mol. The third kappa shape index (κ3) is 5.03. The molecule has 2 heterocycles. The second-order valence-electron chi connectivity index (χ2n) is 6.84. The van der Waals surface area contributed by atoms with E-state index in [9.17, 15) is 4.79 Å². The van der Waals surface area contributed by atoms with Crippen LogP contribution in [0.15, 0.2) is 35.2 Å². The van der Waals surface area contributed by atoms with Gasteiger partial charge in [-0.3, -0.25) is 4.90 Å². The number of hydrogen-bond acceptors (Lipinski definition) is 4. The van der Waals surface area contributed by atoms with Gasteiger partial charge in [0.05, 0.1) is 17.7 Å². The smallest absolute Gasteiger partial charge is 0.317 e. The van der Waals surface area contributed by atoms with Gasteiger partial charge >= 0.3 is 6.03 Å². The molecular formula is C19H26N4OS. The number of nitrogens with one attached hydrogen (secondary N) is 1. The number of rotatable bonds is 6. The Kier molecular flexibility index (Phi) is 6.04. The van der Waals surface area contributed by atoms with E-state index in [0.29, 0.717) is 12.5 Å². The number of hydrogen-bond donors (Lipinski definition) is 1. The van der Waals surface area contributed by atoms with Crippen LogP contribution in [0, 0.1) is 12.8 Å². The molecular weight excluding hydrogens is 332 g/mol. The first-order chi connectivity index (χ1) is 12.1. The highest BCUT2D eigenvalue weighted by Crippen LogP contribution is 2.19. The molecule has 25 heavy (non-hydrogen) atoms. The molecule has 1 atom stereocenters. The molecule has 3 rings (SSSR count). The van der Waals surface area contributed by atoms with Crippen LogP contribution in [0.2, 0.25) is 0 Å². The molecule has 1 N–H and O–H groups in total. The maximum Gasteiger partial charge on any atom is 0.317 e. The fraction of sp³-hybridized carbons (Fsp3) is 0.474. The van der Waals surface area contributed by atoms with E-state index in [1.807, 2.05) is 12.4 Å². The molecule has 5 nitrogen and oxygen atoms in total. The Morgan fingerprint density at radius 1 is 1.44 bits per heavy atom. The minimum absolute atomic E-state index is 0.0228. The Morgan fingerprint density at radius 3 is 3.04 bits per heavy atom. The summed E-state index contributed by atoms with van der Waals surface area (Å²) >= 11 is 1.55. The van der Waals surface area contributed by atoms with Crippen LogP contribution in [0.4, 0.5) is 4.79 Å². The number of carbonyl (C=O) groups excluding carboxylic acids is 1. The summed E-state index contributed by atoms with van der Waals surface area (Å²) in [7, 11) is 1.81. The lowest BCUT2D eigenvalue weighted by Crippen LogP contribution is -2.39. The third-order valence-corrected chi connectivity index (χ3v) is 5.43. The van der Waals surface area contributed by atoms with Crippen LogP contribution in [-0.4, -0.2) is 47.5 Å². The second-order valence-corrected chi connectivity index (χ2v) is 7.56. The minimum atomic E-state index is -0.0228. The Hall–Kier alpha value is -1.92. The summed E-state index contributed by atoms with van der Waals surface area (Å²) in [5.41, 5.74) is 5.48. The fourth-order valence-electron chi connectivity index (χ4n) is 3.25. The van der Waals surface area contributed by atoms with Gasteiger partial charge in [-0.25, -0.2) is 9.78 Å². The van der Waals surface area contributed by atoms with Crippen molar-refractivity contribution in [1.29, 1.82) is 0 Å². The number of carbonyl (C=O) groups is 1. The normalized spacial score (nSPS) is 17.6. The Morgan fingerprint density at radius 2 is 2.28 bits per heavy atom. The summed E-state index contributed by atoms with van der Waals surface area (Å²) in [5.74, 6) is 0.528. The van der Waals surface area contributed by atoms with Gasteiger partial charge in [-0.1, -0.05) is 24.3 Å². The van der Waals surface area contributed by atoms with Crippen molar-refractivity contribution in [3.05, 3.63) is 52.0 Å². The van der Waals surface area contributed by atoms with E-state index in [1.54, 1.807) is 21.7 Å². The number of thiazole rings is 1. The molecule has 0 saturated carbocycles. The van der Waals surface area contributed by atoms with Crippen LogP contribution < -0.4 is 5.32 Å². The SMILES string of the molecule is Cc1ccccc1CN1CC[C@@H](CNC(=O)N(C)Cc2cscn2)C1. The van der Waals surface area contributed by atoms with E-state index in [-0.39, 0.29) is 6.03 Å². The number of aryl methyl sites for hydroxylation is 1. The molecule has 2 aromatic rings. The highest BCUT2D eigenvalue weighted by Gasteiger charge is 2.23. The average Bonchev–Trinajstić information content (AvgIpc) is 3.26. The summed E-state index contributed by atoms with van der Waals surface area (Å²) in [6, 6.07) is 8.54. The highest BCUT2D eigenvalue weighted by atomic mass is 32.1. The first-order valence-electron chi connectivity index (χ1n) is 8.74. The molecule has 1 aromatic carbocycles. The molecule has 1 fully saturated rings. The zero-order valence-electron chi connectivity index (χ0n) is 14.9. The third-order valence-electron chi connectivity index (χ3n) is 4.80. The Labute approximate surface area is 153 Å². The monoisotopic (exact) mass is 358 g/mol. The quantitative estimate of drug-likeness (QED) is 0.863. The van der Waals surface area contributed by atoms with E-state index in [1.165, 1.54) is 11.1 Å². The summed E-state index contributed by atoms with van der Waals surface area (Å²) in [6.07, 6.45) is 1.14. The highest BCUT2D eigenvalue weighted by molar-refractivity contribution is 7.07. The maximum absolute atomic E-state index is 12.2. The number of nitrogens with zero attached hydrogens (tertiary/aromatic N) is 3. The van der Waals surface area contributed by atoms with Crippen LogP contribution in [0.1, 0.15) is 23.2 Å². The maximum atomic E-state index is 12.2. The van der Waals surface area contributed by atoms with Gasteiger partial charge in [0, 0.05) is 32.1 Å². The Bertz CT molecular complexity index is 688. The van der Waals surface area contributed by atoms with Crippen molar-refractivity contribution < 1.29 is 4.79 Å². The van der Waals surface area contributed by atoms with Gasteiger partial charge in [-0.05, 0) is 36.9 Å². The van der Waals surface area contributed by atoms with Gasteiger partial charge < -0.3 is 10.2 Å². The fourth-order valence-corrected chi connectivity index (χ4v) is 3.80. The zero-order valence-corrected chi connectivity index (χ0v) is 15.8. The number of amides is 2. The van der Waals surface area contributed by atoms with Gasteiger partial charge in [-0.15, -0.1) is 11.3 Å². The van der Waals surface area contributed by atoms with Gasteiger partial charge in [0.25, 0.3) is 0 Å². The standard InChI is InChI=1S/C19H26N4OS/c1-15-5-3-4-6-17(15)11-23-8-7-16(10-23)9-20-19(24)22(2)12-18-13-25-14-21-18/h3-6,13-14,16H,7-12H2,1-2H3,(H,20,24)/t16-/m0/s1. The summed E-state index contributed by atoms with van der Waals surface area (Å²) in [6.45, 7) is 6.61. The molecule has 1 aliphatic heterocycles. The van der Waals surface area contributed by atoms with Crippen molar-refractivity contribution in [2.75, 3.05) is 26.7 Å². The lowest BCUT2D eigenvalue weighted by Gasteiger charge is -2.20. The van der Waals surface area contributed by atoms with Crippen molar-refractivity contribution in [1.82, 2.24) is 20.1 Å². The molecule has 0 bridgehead atoms. The molecule has 2 amide bonds. The van der Waals surface area contributed by atoms with Crippen molar-refractivity contribution in [3.8, 4) is 0 Å². The molecule has 1 aromatic heterocycles. The number of likely N-dealkylation sites (tertiary alicyclic amines) is 1. The number of benzene rings is 1. The van der Waals surface area contributed by atoms with Crippen molar-refractivity contribution in [3.63, 3.8) is 0 Å². The molecule has 1 saturated heterocycles. The van der Waals surface area contributed by atoms with Gasteiger partial charge in [-0.2, -0.15) is 0 Å². The topological polar surface area (TPSA) is 48.5 Å². The zero-order chi connectivity index (χ0) is 17.6. The summed E-state index contributed by atoms with van der Waals surface area (Å²) in [4.78, 5) is 20.6. The van der Waals surface area contributed by atoms with E-state index in [0.717, 1.165) is 38.3 Å². The molecule has 1 aliphatic rings. The van der Waals surface area contributed by atoms with E-state index >= 15 is 0 Å². The predicted octanol–water partition coefficient (Wildman–Crippen LogP) is 3.12. The molecule has 0 unspecified atom stereocenters. The molecule has 6 heteroatoms. The molecule has 0 spiro atoms. The minimum Gasteiger partial charge on any atom is -0.338 e. The lowest BCUT2D eigenvalue weighted by molar-refractivity contribution is 0.204. The first kappa shape index (κ1) is 17.9. The van der Waals surface area contributed by atoms with Crippen molar-refractivity contribution in [2.24, 2.45) is 5.92 Å². The molecule has 0 radical (unpaired) electrons. The predicted molar refractivity (Wildman–Crippen MR) is 102 cm³/mol. The molecule has 134 valence electrons. The first-order valence-corrected chi connectivity index (χ1v) is 9.69. The van der Waals surface area contributed by atoms with Crippen LogP contribution in [0.5, 0.6) is 0 Å². The van der Waals surface area contributed by atoms with E-state index < -0.39 is 0 Å². The van der Waals surface area contributed by atoms with Crippen molar-refractivity contribution in [2.45, 2.75) is 26.4 Å².